The second kappa shape index (κ2) is 6.90. The molecule has 4 aromatic rings. The van der Waals surface area contributed by atoms with E-state index in [1.54, 1.807) is 29.1 Å². The molecular formula is C22H18F3N5OS. The van der Waals surface area contributed by atoms with Gasteiger partial charge in [-0.3, -0.25) is 8.61 Å². The molecule has 1 aliphatic carbocycles. The zero-order valence-electron chi connectivity index (χ0n) is 17.3. The molecule has 1 aromatic carbocycles. The lowest BCUT2D eigenvalue weighted by atomic mass is 9.99. The molecule has 164 valence electrons. The molecule has 3 aromatic heterocycles. The van der Waals surface area contributed by atoms with Crippen LogP contribution in [0.2, 0.25) is 0 Å². The van der Waals surface area contributed by atoms with Crippen molar-refractivity contribution >= 4 is 27.5 Å². The third-order valence-electron chi connectivity index (χ3n) is 6.00. The van der Waals surface area contributed by atoms with Crippen molar-refractivity contribution in [3.05, 3.63) is 47.7 Å². The predicted molar refractivity (Wildman–Crippen MR) is 113 cm³/mol. The third-order valence-corrected chi connectivity index (χ3v) is 7.34. The van der Waals surface area contributed by atoms with Crippen molar-refractivity contribution in [1.82, 2.24) is 18.9 Å². The van der Waals surface area contributed by atoms with E-state index in [0.29, 0.717) is 33.5 Å². The van der Waals surface area contributed by atoms with Crippen LogP contribution in [0.3, 0.4) is 0 Å². The summed E-state index contributed by atoms with van der Waals surface area (Å²) in [6.45, 7) is 1.78. The summed E-state index contributed by atoms with van der Waals surface area (Å²) in [6, 6.07) is 9.43. The molecule has 0 aliphatic heterocycles. The molecule has 0 N–H and O–H groups in total. The summed E-state index contributed by atoms with van der Waals surface area (Å²) in [4.78, 5) is 9.10. The maximum absolute atomic E-state index is 13.2. The predicted octanol–water partition coefficient (Wildman–Crippen LogP) is 4.59. The highest BCUT2D eigenvalue weighted by molar-refractivity contribution is 7.85. The Bertz CT molecular complexity index is 1460. The van der Waals surface area contributed by atoms with Crippen molar-refractivity contribution in [1.29, 1.82) is 5.26 Å². The second-order valence-corrected chi connectivity index (χ2v) is 9.59. The number of alkyl halides is 3. The van der Waals surface area contributed by atoms with Gasteiger partial charge >= 0.3 is 6.18 Å². The van der Waals surface area contributed by atoms with E-state index in [9.17, 15) is 22.6 Å². The van der Waals surface area contributed by atoms with E-state index in [1.165, 1.54) is 6.07 Å². The first-order valence-electron chi connectivity index (χ1n) is 10.0. The summed E-state index contributed by atoms with van der Waals surface area (Å²) in [5.41, 5.74) is 1.17. The van der Waals surface area contributed by atoms with Gasteiger partial charge in [0.25, 0.3) is 0 Å². The number of nitriles is 1. The first-order chi connectivity index (χ1) is 15.2. The lowest BCUT2D eigenvalue weighted by Gasteiger charge is -2.07. The average Bonchev–Trinajstić information content (AvgIpc) is 3.39. The van der Waals surface area contributed by atoms with E-state index in [4.69, 9.17) is 0 Å². The molecule has 5 rings (SSSR count). The fraction of sp³-hybridized carbons (Fsp3) is 0.318. The highest BCUT2D eigenvalue weighted by Gasteiger charge is 2.45. The lowest BCUT2D eigenvalue weighted by molar-refractivity contribution is -0.137. The van der Waals surface area contributed by atoms with Gasteiger partial charge in [-0.2, -0.15) is 18.4 Å². The first kappa shape index (κ1) is 20.7. The normalized spacial score (nSPS) is 16.4. The van der Waals surface area contributed by atoms with Crippen LogP contribution in [0.5, 0.6) is 0 Å². The zero-order valence-corrected chi connectivity index (χ0v) is 18.1. The second-order valence-electron chi connectivity index (χ2n) is 7.93. The molecule has 6 nitrogen and oxygen atoms in total. The number of hydrogen-bond donors (Lipinski definition) is 0. The van der Waals surface area contributed by atoms with Crippen molar-refractivity contribution < 1.29 is 17.4 Å². The van der Waals surface area contributed by atoms with Gasteiger partial charge in [0.1, 0.15) is 16.4 Å². The van der Waals surface area contributed by atoms with Crippen LogP contribution in [0.1, 0.15) is 30.9 Å². The highest BCUT2D eigenvalue weighted by atomic mass is 32.2. The van der Waals surface area contributed by atoms with E-state index >= 15 is 0 Å². The molecule has 32 heavy (non-hydrogen) atoms. The fourth-order valence-corrected chi connectivity index (χ4v) is 5.00. The Labute approximate surface area is 183 Å². The van der Waals surface area contributed by atoms with Gasteiger partial charge in [-0.05, 0) is 48.7 Å². The van der Waals surface area contributed by atoms with Gasteiger partial charge in [-0.25, -0.2) is 9.97 Å². The van der Waals surface area contributed by atoms with Crippen LogP contribution in [0.4, 0.5) is 13.2 Å². The third kappa shape index (κ3) is 3.03. The van der Waals surface area contributed by atoms with Crippen LogP contribution >= 0.6 is 0 Å². The molecule has 1 saturated carbocycles. The Morgan fingerprint density at radius 1 is 1.22 bits per heavy atom. The largest absolute Gasteiger partial charge is 0.416 e. The number of fused-ring (bicyclic) bond motifs is 2. The summed E-state index contributed by atoms with van der Waals surface area (Å²) in [7, 11) is 0.289. The van der Waals surface area contributed by atoms with E-state index in [2.05, 4.69) is 16.0 Å². The molecule has 1 atom stereocenters. The van der Waals surface area contributed by atoms with Gasteiger partial charge < -0.3 is 4.57 Å². The zero-order chi connectivity index (χ0) is 22.8. The van der Waals surface area contributed by atoms with Gasteiger partial charge in [-0.1, -0.05) is 6.92 Å². The van der Waals surface area contributed by atoms with Crippen LogP contribution in [-0.4, -0.2) is 28.9 Å². The molecule has 0 bridgehead atoms. The SMILES string of the molecule is CCS(=O)c1c(-c2nc3cc(C(F)(F)F)ccc3n2C)nc2cc(C3(C#N)CC3)ccn12. The number of nitrogens with zero attached hydrogens (tertiary/aromatic N) is 5. The van der Waals surface area contributed by atoms with Crippen LogP contribution in [0.25, 0.3) is 28.2 Å². The van der Waals surface area contributed by atoms with Crippen molar-refractivity contribution in [2.45, 2.75) is 36.4 Å². The van der Waals surface area contributed by atoms with Crippen molar-refractivity contribution in [3.63, 3.8) is 0 Å². The molecule has 3 heterocycles. The van der Waals surface area contributed by atoms with Crippen LogP contribution in [0, 0.1) is 11.3 Å². The standard InChI is InChI=1S/C22H18F3N5OS/c1-3-32(31)20-18(28-17-11-13(6-9-30(17)20)21(12-26)7-8-21)19-27-15-10-14(22(23,24)25)4-5-16(15)29(19)2/h4-6,9-11H,3,7-8H2,1-2H3. The van der Waals surface area contributed by atoms with Gasteiger partial charge in [0.05, 0.1) is 38.9 Å². The Morgan fingerprint density at radius 2 is 1.97 bits per heavy atom. The molecule has 1 aliphatic rings. The number of imidazole rings is 2. The molecule has 0 amide bonds. The Kier molecular flexibility index (Phi) is 4.47. The summed E-state index contributed by atoms with van der Waals surface area (Å²) >= 11 is 0. The van der Waals surface area contributed by atoms with Crippen LogP contribution in [0.15, 0.2) is 41.6 Å². The molecular weight excluding hydrogens is 439 g/mol. The molecule has 0 spiro atoms. The number of aromatic nitrogens is 4. The summed E-state index contributed by atoms with van der Waals surface area (Å²) in [6.07, 6.45) is -1.15. The minimum atomic E-state index is -4.47. The van der Waals surface area contributed by atoms with Crippen molar-refractivity contribution in [3.8, 4) is 17.6 Å². The monoisotopic (exact) mass is 457 g/mol. The minimum Gasteiger partial charge on any atom is -0.326 e. The smallest absolute Gasteiger partial charge is 0.326 e. The molecule has 10 heteroatoms. The minimum absolute atomic E-state index is 0.185. The summed E-state index contributed by atoms with van der Waals surface area (Å²) in [5, 5.41) is 9.96. The van der Waals surface area contributed by atoms with E-state index < -0.39 is 28.0 Å². The Morgan fingerprint density at radius 3 is 2.59 bits per heavy atom. The Balaban J connectivity index is 1.74. The fourth-order valence-electron chi connectivity index (χ4n) is 4.00. The van der Waals surface area contributed by atoms with Crippen molar-refractivity contribution in [2.24, 2.45) is 7.05 Å². The van der Waals surface area contributed by atoms with Crippen LogP contribution < -0.4 is 0 Å². The summed E-state index contributed by atoms with van der Waals surface area (Å²) in [5.74, 6) is 0.676. The molecule has 0 saturated heterocycles. The van der Waals surface area contributed by atoms with Gasteiger partial charge in [-0.15, -0.1) is 0 Å². The number of hydrogen-bond acceptors (Lipinski definition) is 4. The average molecular weight is 457 g/mol. The van der Waals surface area contributed by atoms with E-state index in [-0.39, 0.29) is 5.52 Å². The summed E-state index contributed by atoms with van der Waals surface area (Å²) < 4.78 is 55.8. The highest BCUT2D eigenvalue weighted by Crippen LogP contribution is 2.47. The number of benzene rings is 1. The topological polar surface area (TPSA) is 76.0 Å². The molecule has 1 fully saturated rings. The first-order valence-corrected chi connectivity index (χ1v) is 11.4. The van der Waals surface area contributed by atoms with E-state index in [0.717, 1.165) is 30.5 Å². The maximum atomic E-state index is 13.2. The van der Waals surface area contributed by atoms with Gasteiger partial charge in [0.15, 0.2) is 5.82 Å². The number of pyridine rings is 1. The number of rotatable bonds is 4. The van der Waals surface area contributed by atoms with E-state index in [1.807, 2.05) is 12.1 Å². The Hall–Kier alpha value is -3.19. The van der Waals surface area contributed by atoms with Crippen molar-refractivity contribution in [2.75, 3.05) is 5.75 Å². The number of aryl methyl sites for hydroxylation is 1. The maximum Gasteiger partial charge on any atom is 0.416 e. The van der Waals surface area contributed by atoms with Crippen LogP contribution in [-0.2, 0) is 29.4 Å². The van der Waals surface area contributed by atoms with Gasteiger partial charge in [0, 0.05) is 19.0 Å². The molecule has 0 radical (unpaired) electrons. The quantitative estimate of drug-likeness (QED) is 0.449. The lowest BCUT2D eigenvalue weighted by Crippen LogP contribution is -2.05. The molecule has 1 unspecified atom stereocenters. The van der Waals surface area contributed by atoms with Gasteiger partial charge in [0.2, 0.25) is 0 Å². The number of halogens is 3.